The van der Waals surface area contributed by atoms with Crippen molar-refractivity contribution in [3.05, 3.63) is 0 Å². The largest absolute Gasteiger partial charge is 0.412 e. The van der Waals surface area contributed by atoms with Crippen molar-refractivity contribution in [3.63, 3.8) is 0 Å². The maximum absolute atomic E-state index is 7.39. The molecule has 0 saturated carbocycles. The molecule has 0 aromatic heterocycles. The van der Waals surface area contributed by atoms with E-state index in [-0.39, 0.29) is 17.9 Å². The molecule has 6 heavy (non-hydrogen) atoms. The average molecular weight is 118 g/mol. The Hall–Kier alpha value is 0.0900. The molecule has 0 aliphatic carbocycles. The number of hydrazine groups is 2. The first-order valence-corrected chi connectivity index (χ1v) is 0.762. The molecule has 0 spiro atoms. The van der Waals surface area contributed by atoms with Gasteiger partial charge in [0.05, 0.1) is 0 Å². The number of hydrogen-bond acceptors (Lipinski definition) is 4. The number of nitrogens with one attached hydrogen (secondary N) is 2. The first-order chi connectivity index (χ1) is 1.91. The van der Waals surface area contributed by atoms with Crippen molar-refractivity contribution in [2.45, 2.75) is 0 Å². The van der Waals surface area contributed by atoms with Gasteiger partial charge in [-0.05, 0) is 0 Å². The lowest BCUT2D eigenvalue weighted by Crippen LogP contribution is -2.34. The van der Waals surface area contributed by atoms with Crippen LogP contribution in [0, 0.1) is 0 Å². The summed E-state index contributed by atoms with van der Waals surface area (Å²) in [4.78, 5) is 0. The van der Waals surface area contributed by atoms with E-state index in [0.717, 1.165) is 0 Å². The minimum Gasteiger partial charge on any atom is -0.412 e. The SMILES string of the molecule is Cl.NNNO.O. The van der Waals surface area contributed by atoms with Crippen LogP contribution in [0.15, 0.2) is 0 Å². The summed E-state index contributed by atoms with van der Waals surface area (Å²) in [6.07, 6.45) is 0. The lowest BCUT2D eigenvalue weighted by atomic mass is 12.5. The molecule has 0 bridgehead atoms. The molecule has 0 unspecified atom stereocenters. The molecule has 0 heterocycles. The Morgan fingerprint density at radius 2 is 1.67 bits per heavy atom. The summed E-state index contributed by atoms with van der Waals surface area (Å²) in [5.74, 6) is 4.42. The minimum absolute atomic E-state index is 0. The molecule has 0 amide bonds. The smallest absolute Gasteiger partial charge is 0.127 e. The Morgan fingerprint density at radius 1 is 1.50 bits per heavy atom. The summed E-state index contributed by atoms with van der Waals surface area (Å²) in [6, 6.07) is 0. The van der Waals surface area contributed by atoms with E-state index >= 15 is 0 Å². The highest BCUT2D eigenvalue weighted by atomic mass is 35.5. The predicted molar refractivity (Wildman–Crippen MR) is 23.1 cm³/mol. The van der Waals surface area contributed by atoms with Crippen LogP contribution in [-0.4, -0.2) is 10.7 Å². The molecule has 0 rings (SSSR count). The van der Waals surface area contributed by atoms with Gasteiger partial charge in [0, 0.05) is 0 Å². The summed E-state index contributed by atoms with van der Waals surface area (Å²) >= 11 is 0. The number of halogens is 1. The summed E-state index contributed by atoms with van der Waals surface area (Å²) < 4.78 is 0. The number of rotatable bonds is 1. The highest BCUT2D eigenvalue weighted by Crippen LogP contribution is 0.957. The molecule has 0 radical (unpaired) electrons. The molecule has 0 fully saturated rings. The summed E-state index contributed by atoms with van der Waals surface area (Å²) in [7, 11) is 0. The van der Waals surface area contributed by atoms with Gasteiger partial charge in [0.15, 0.2) is 0 Å². The minimum atomic E-state index is 0. The molecule has 0 atom stereocenters. The second-order valence-corrected chi connectivity index (χ2v) is 0.256. The molecular weight excluding hydrogens is 109 g/mol. The number of nitrogens with two attached hydrogens (primary N) is 1. The molecule has 7 N–H and O–H groups in total. The van der Waals surface area contributed by atoms with Crippen LogP contribution in [0.25, 0.3) is 0 Å². The Balaban J connectivity index is -0.0000000450. The van der Waals surface area contributed by atoms with E-state index in [1.165, 1.54) is 5.59 Å². The third kappa shape index (κ3) is 32.9. The molecule has 0 saturated heterocycles. The average Bonchev–Trinajstić information content (AvgIpc) is 1.37. The van der Waals surface area contributed by atoms with Crippen LogP contribution in [-0.2, 0) is 0 Å². The summed E-state index contributed by atoms with van der Waals surface area (Å²) in [6.45, 7) is 0. The maximum Gasteiger partial charge on any atom is -0.127 e. The van der Waals surface area contributed by atoms with Gasteiger partial charge in [-0.3, -0.25) is 5.84 Å². The molecule has 6 heteroatoms. The van der Waals surface area contributed by atoms with E-state index in [2.05, 4.69) is 5.84 Å². The van der Waals surface area contributed by atoms with Gasteiger partial charge in [-0.2, -0.15) is 5.53 Å². The van der Waals surface area contributed by atoms with E-state index in [9.17, 15) is 0 Å². The second-order valence-electron chi connectivity index (χ2n) is 0.256. The zero-order valence-corrected chi connectivity index (χ0v) is 3.75. The normalized spacial score (nSPS) is 5.00. The Morgan fingerprint density at radius 3 is 1.67 bits per heavy atom. The van der Waals surface area contributed by atoms with Gasteiger partial charge < -0.3 is 10.7 Å². The molecule has 5 nitrogen and oxygen atoms in total. The lowest BCUT2D eigenvalue weighted by molar-refractivity contribution is 0.121. The Kier molecular flexibility index (Phi) is 53.7. The highest BCUT2D eigenvalue weighted by molar-refractivity contribution is 5.85. The van der Waals surface area contributed by atoms with Gasteiger partial charge in [-0.15, -0.1) is 18.0 Å². The van der Waals surface area contributed by atoms with E-state index < -0.39 is 0 Å². The zero-order chi connectivity index (χ0) is 3.41. The van der Waals surface area contributed by atoms with Crippen LogP contribution in [0.2, 0.25) is 0 Å². The molecule has 0 aromatic carbocycles. The van der Waals surface area contributed by atoms with Crippen molar-refractivity contribution in [3.8, 4) is 0 Å². The highest BCUT2D eigenvalue weighted by Gasteiger charge is 1.44. The van der Waals surface area contributed by atoms with Crippen molar-refractivity contribution in [2.75, 3.05) is 0 Å². The van der Waals surface area contributed by atoms with Gasteiger partial charge >= 0.3 is 0 Å². The second kappa shape index (κ2) is 19.5. The van der Waals surface area contributed by atoms with Crippen LogP contribution >= 0.6 is 12.4 Å². The number of hydrogen-bond donors (Lipinski definition) is 4. The van der Waals surface area contributed by atoms with Crippen molar-refractivity contribution in [1.29, 1.82) is 0 Å². The van der Waals surface area contributed by atoms with Gasteiger partial charge in [0.2, 0.25) is 0 Å². The predicted octanol–water partition coefficient (Wildman–Crippen LogP) is -2.06. The van der Waals surface area contributed by atoms with Crippen LogP contribution in [0.5, 0.6) is 0 Å². The standard InChI is InChI=1S/ClH.H5N3O.H2O/c;1-2-3-4;/h1H;2-4H,1H2;1H2. The molecule has 0 aromatic rings. The fourth-order valence-corrected chi connectivity index (χ4v) is 0. The van der Waals surface area contributed by atoms with Crippen molar-refractivity contribution >= 4 is 12.4 Å². The fraction of sp³-hybridized carbons (Fsp3) is 0. The quantitative estimate of drug-likeness (QED) is 0.234. The Bertz CT molecular complexity index is 10.8. The fourth-order valence-electron chi connectivity index (χ4n) is 0. The van der Waals surface area contributed by atoms with Crippen LogP contribution in [0.4, 0.5) is 0 Å². The van der Waals surface area contributed by atoms with E-state index in [4.69, 9.17) is 5.21 Å². The molecule has 42 valence electrons. The van der Waals surface area contributed by atoms with E-state index in [0.29, 0.717) is 0 Å². The summed E-state index contributed by atoms with van der Waals surface area (Å²) in [5, 5.41) is 7.39. The molecule has 0 aliphatic heterocycles. The summed E-state index contributed by atoms with van der Waals surface area (Å²) in [5.41, 5.74) is 3.19. The van der Waals surface area contributed by atoms with Crippen LogP contribution in [0.3, 0.4) is 0 Å². The van der Waals surface area contributed by atoms with Gasteiger partial charge in [-0.25, -0.2) is 0 Å². The maximum atomic E-state index is 7.39. The third-order valence-corrected chi connectivity index (χ3v) is 0.0645. The van der Waals surface area contributed by atoms with Crippen LogP contribution < -0.4 is 17.0 Å². The lowest BCUT2D eigenvalue weighted by Gasteiger charge is -1.80. The third-order valence-electron chi connectivity index (χ3n) is 0.0645. The first kappa shape index (κ1) is 16.5. The topological polar surface area (TPSA) is 102 Å². The van der Waals surface area contributed by atoms with Crippen molar-refractivity contribution < 1.29 is 10.7 Å². The van der Waals surface area contributed by atoms with Crippen LogP contribution in [0.1, 0.15) is 0 Å². The van der Waals surface area contributed by atoms with E-state index in [1.54, 1.807) is 5.53 Å². The Labute approximate surface area is 41.1 Å². The molecular formula is H8ClN3O2. The first-order valence-electron chi connectivity index (χ1n) is 0.762. The van der Waals surface area contributed by atoms with Crippen molar-refractivity contribution in [2.24, 2.45) is 5.84 Å². The van der Waals surface area contributed by atoms with Crippen molar-refractivity contribution in [1.82, 2.24) is 11.1 Å². The van der Waals surface area contributed by atoms with E-state index in [1.807, 2.05) is 0 Å². The van der Waals surface area contributed by atoms with Gasteiger partial charge in [0.25, 0.3) is 0 Å². The van der Waals surface area contributed by atoms with Gasteiger partial charge in [0.1, 0.15) is 0 Å². The monoisotopic (exact) mass is 117 g/mol. The zero-order valence-electron chi connectivity index (χ0n) is 2.93. The van der Waals surface area contributed by atoms with Gasteiger partial charge in [-0.1, -0.05) is 0 Å². The molecule has 0 aliphatic rings.